The molecule has 0 unspecified atom stereocenters. The van der Waals surface area contributed by atoms with Crippen LogP contribution in [0.5, 0.6) is 0 Å². The first-order valence-electron chi connectivity index (χ1n) is 9.95. The Morgan fingerprint density at radius 3 is 2.56 bits per heavy atom. The van der Waals surface area contributed by atoms with Gasteiger partial charge in [-0.3, -0.25) is 4.79 Å². The Labute approximate surface area is 161 Å². The molecule has 0 amide bonds. The van der Waals surface area contributed by atoms with Crippen molar-refractivity contribution in [3.05, 3.63) is 23.3 Å². The molecule has 5 heteroatoms. The van der Waals surface area contributed by atoms with Crippen molar-refractivity contribution in [2.45, 2.75) is 51.9 Å². The Kier molecular flexibility index (Phi) is 4.12. The maximum absolute atomic E-state index is 14.0. The van der Waals surface area contributed by atoms with Gasteiger partial charge in [-0.25, -0.2) is 0 Å². The molecule has 1 spiro atoms. The molecule has 0 saturated heterocycles. The molecule has 150 valence electrons. The van der Waals surface area contributed by atoms with Crippen molar-refractivity contribution in [1.29, 1.82) is 0 Å². The third-order valence-electron chi connectivity index (χ3n) is 8.26. The van der Waals surface area contributed by atoms with Gasteiger partial charge in [-0.15, -0.1) is 0 Å². The number of aliphatic hydroxyl groups excluding tert-OH is 1. The van der Waals surface area contributed by atoms with Gasteiger partial charge < -0.3 is 19.7 Å². The second kappa shape index (κ2) is 5.76. The average Bonchev–Trinajstić information content (AvgIpc) is 3.07. The van der Waals surface area contributed by atoms with Gasteiger partial charge in [0.15, 0.2) is 5.78 Å². The van der Waals surface area contributed by atoms with E-state index >= 15 is 0 Å². The molecule has 0 aliphatic heterocycles. The van der Waals surface area contributed by atoms with Crippen LogP contribution in [0.15, 0.2) is 23.3 Å². The van der Waals surface area contributed by atoms with Crippen LogP contribution in [0.2, 0.25) is 0 Å². The van der Waals surface area contributed by atoms with Crippen LogP contribution in [0.3, 0.4) is 0 Å². The number of Topliss-reactive ketones (excluding diaryl/α,β-unsaturated/α-hetero) is 1. The first kappa shape index (κ1) is 19.3. The highest BCUT2D eigenvalue weighted by Crippen LogP contribution is 2.71. The van der Waals surface area contributed by atoms with Crippen LogP contribution in [0.25, 0.3) is 0 Å². The van der Waals surface area contributed by atoms with E-state index in [1.165, 1.54) is 7.11 Å². The van der Waals surface area contributed by atoms with Crippen LogP contribution in [0.4, 0.5) is 0 Å². The topological polar surface area (TPSA) is 76.0 Å². The standard InChI is InChI=1S/C22H32O5/c1-11-9-21-12(2)7-15-16(20(15,3)4)14(18(21)24)8-13(10-26-5)17(23)22(21,25)19(11)27-6/h8-9,12,14-17,19,23,25H,7,10H2,1-6H3/t12-,14+,15-,16+,17-,19+,21+,22+/m1/s1. The molecule has 27 heavy (non-hydrogen) atoms. The lowest BCUT2D eigenvalue weighted by molar-refractivity contribution is -0.195. The molecule has 2 saturated carbocycles. The highest BCUT2D eigenvalue weighted by molar-refractivity contribution is 5.95. The molecular formula is C22H32O5. The number of hydrogen-bond acceptors (Lipinski definition) is 5. The Morgan fingerprint density at radius 1 is 1.30 bits per heavy atom. The lowest BCUT2D eigenvalue weighted by Gasteiger charge is -2.49. The molecule has 4 rings (SSSR count). The Bertz CT molecular complexity index is 737. The largest absolute Gasteiger partial charge is 0.385 e. The molecule has 0 aromatic rings. The summed E-state index contributed by atoms with van der Waals surface area (Å²) in [6.45, 7) is 8.57. The van der Waals surface area contributed by atoms with E-state index in [9.17, 15) is 15.0 Å². The minimum absolute atomic E-state index is 0.0274. The monoisotopic (exact) mass is 376 g/mol. The van der Waals surface area contributed by atoms with Gasteiger partial charge in [0, 0.05) is 20.1 Å². The summed E-state index contributed by atoms with van der Waals surface area (Å²) < 4.78 is 11.0. The van der Waals surface area contributed by atoms with Gasteiger partial charge in [-0.1, -0.05) is 32.9 Å². The molecule has 5 nitrogen and oxygen atoms in total. The molecule has 0 heterocycles. The number of methoxy groups -OCH3 is 2. The van der Waals surface area contributed by atoms with Crippen molar-refractivity contribution in [2.24, 2.45) is 34.5 Å². The Balaban J connectivity index is 1.98. The van der Waals surface area contributed by atoms with Crippen molar-refractivity contribution < 1.29 is 24.5 Å². The zero-order chi connectivity index (χ0) is 19.9. The van der Waals surface area contributed by atoms with Crippen LogP contribution < -0.4 is 0 Å². The third kappa shape index (κ3) is 2.06. The fraction of sp³-hybridized carbons (Fsp3) is 0.773. The highest BCUT2D eigenvalue weighted by atomic mass is 16.5. The normalized spacial score (nSPS) is 50.1. The van der Waals surface area contributed by atoms with Crippen LogP contribution in [-0.2, 0) is 14.3 Å². The average molecular weight is 376 g/mol. The minimum atomic E-state index is -1.72. The summed E-state index contributed by atoms with van der Waals surface area (Å²) in [7, 11) is 3.09. The van der Waals surface area contributed by atoms with E-state index in [4.69, 9.17) is 9.47 Å². The number of carbonyl (C=O) groups excluding carboxylic acids is 1. The summed E-state index contributed by atoms with van der Waals surface area (Å²) >= 11 is 0. The Hall–Kier alpha value is -1.01. The van der Waals surface area contributed by atoms with E-state index in [1.807, 2.05) is 26.0 Å². The molecule has 2 fully saturated rings. The number of ether oxygens (including phenoxy) is 2. The van der Waals surface area contributed by atoms with Crippen LogP contribution in [-0.4, -0.2) is 54.6 Å². The van der Waals surface area contributed by atoms with Crippen LogP contribution in [0.1, 0.15) is 34.1 Å². The van der Waals surface area contributed by atoms with E-state index in [0.717, 1.165) is 12.0 Å². The number of hydrogen-bond donors (Lipinski definition) is 2. The number of aliphatic hydroxyl groups is 2. The second-order valence-electron chi connectivity index (χ2n) is 9.76. The molecule has 2 N–H and O–H groups in total. The fourth-order valence-electron chi connectivity index (χ4n) is 6.93. The molecule has 4 aliphatic carbocycles. The van der Waals surface area contributed by atoms with Gasteiger partial charge in [-0.05, 0) is 47.7 Å². The summed E-state index contributed by atoms with van der Waals surface area (Å²) in [5.41, 5.74) is -1.37. The maximum Gasteiger partial charge on any atom is 0.153 e. The fourth-order valence-corrected chi connectivity index (χ4v) is 6.93. The summed E-state index contributed by atoms with van der Waals surface area (Å²) in [4.78, 5) is 14.0. The van der Waals surface area contributed by atoms with Gasteiger partial charge in [-0.2, -0.15) is 0 Å². The van der Waals surface area contributed by atoms with Crippen molar-refractivity contribution >= 4 is 5.78 Å². The van der Waals surface area contributed by atoms with Crippen molar-refractivity contribution in [1.82, 2.24) is 0 Å². The Morgan fingerprint density at radius 2 is 1.96 bits per heavy atom. The van der Waals surface area contributed by atoms with E-state index < -0.39 is 23.2 Å². The van der Waals surface area contributed by atoms with E-state index in [2.05, 4.69) is 13.8 Å². The third-order valence-corrected chi connectivity index (χ3v) is 8.26. The number of carbonyl (C=O) groups is 1. The van der Waals surface area contributed by atoms with Crippen LogP contribution in [0, 0.1) is 34.5 Å². The lowest BCUT2D eigenvalue weighted by Crippen LogP contribution is -2.65. The lowest BCUT2D eigenvalue weighted by atomic mass is 9.59. The summed E-state index contributed by atoms with van der Waals surface area (Å²) in [5.74, 6) is 0.302. The van der Waals surface area contributed by atoms with Gasteiger partial charge in [0.1, 0.15) is 17.8 Å². The van der Waals surface area contributed by atoms with E-state index in [1.54, 1.807) is 7.11 Å². The molecule has 8 atom stereocenters. The molecule has 2 bridgehead atoms. The summed E-state index contributed by atoms with van der Waals surface area (Å²) in [6, 6.07) is 0. The highest BCUT2D eigenvalue weighted by Gasteiger charge is 2.75. The predicted molar refractivity (Wildman–Crippen MR) is 101 cm³/mol. The van der Waals surface area contributed by atoms with Crippen molar-refractivity contribution in [3.8, 4) is 0 Å². The number of fused-ring (bicyclic) bond motifs is 3. The first-order valence-corrected chi connectivity index (χ1v) is 9.95. The number of allylic oxidation sites excluding steroid dienone is 1. The molecule has 0 aromatic carbocycles. The zero-order valence-electron chi connectivity index (χ0n) is 17.2. The molecular weight excluding hydrogens is 344 g/mol. The number of rotatable bonds is 3. The predicted octanol–water partition coefficient (Wildman–Crippen LogP) is 2.12. The van der Waals surface area contributed by atoms with Crippen molar-refractivity contribution in [2.75, 3.05) is 20.8 Å². The number of ketones is 1. The molecule has 0 radical (unpaired) electrons. The minimum Gasteiger partial charge on any atom is -0.385 e. The van der Waals surface area contributed by atoms with Gasteiger partial charge >= 0.3 is 0 Å². The van der Waals surface area contributed by atoms with E-state index in [-0.39, 0.29) is 35.6 Å². The summed E-state index contributed by atoms with van der Waals surface area (Å²) in [6.07, 6.45) is 2.73. The zero-order valence-corrected chi connectivity index (χ0v) is 17.2. The maximum atomic E-state index is 14.0. The second-order valence-corrected chi connectivity index (χ2v) is 9.76. The summed E-state index contributed by atoms with van der Waals surface area (Å²) in [5, 5.41) is 23.4. The van der Waals surface area contributed by atoms with Crippen molar-refractivity contribution in [3.63, 3.8) is 0 Å². The van der Waals surface area contributed by atoms with Gasteiger partial charge in [0.05, 0.1) is 12.0 Å². The van der Waals surface area contributed by atoms with Crippen LogP contribution >= 0.6 is 0 Å². The van der Waals surface area contributed by atoms with Gasteiger partial charge in [0.25, 0.3) is 0 Å². The first-order chi connectivity index (χ1) is 12.6. The van der Waals surface area contributed by atoms with E-state index in [0.29, 0.717) is 11.5 Å². The molecule has 4 aliphatic rings. The SMILES string of the molecule is COCC1=C[C@@H]2C(=O)[C@]3(C=C(C)[C@H](OC)[C@@]3(O)[C@@H]1O)[C@H](C)C[C@@H]1[C@H]2C1(C)C. The van der Waals surface area contributed by atoms with Gasteiger partial charge in [0.2, 0.25) is 0 Å². The smallest absolute Gasteiger partial charge is 0.153 e. The quantitative estimate of drug-likeness (QED) is 0.738. The molecule has 0 aromatic heterocycles.